The first-order valence-electron chi connectivity index (χ1n) is 11.2. The van der Waals surface area contributed by atoms with Crippen molar-refractivity contribution in [3.8, 4) is 11.5 Å². The van der Waals surface area contributed by atoms with Gasteiger partial charge in [-0.3, -0.25) is 14.9 Å². The average Bonchev–Trinajstić information content (AvgIpc) is 3.18. The Labute approximate surface area is 190 Å². The van der Waals surface area contributed by atoms with Crippen LogP contribution in [-0.2, 0) is 6.54 Å². The molecule has 0 saturated carbocycles. The van der Waals surface area contributed by atoms with E-state index >= 15 is 0 Å². The minimum absolute atomic E-state index is 0.000713. The Morgan fingerprint density at radius 1 is 0.788 bits per heavy atom. The molecule has 0 aliphatic carbocycles. The zero-order chi connectivity index (χ0) is 22.7. The molecule has 0 radical (unpaired) electrons. The molecule has 0 amide bonds. The second-order valence-electron chi connectivity index (χ2n) is 9.01. The molecule has 0 unspecified atom stereocenters. The third-order valence-electron chi connectivity index (χ3n) is 6.95. The van der Waals surface area contributed by atoms with Gasteiger partial charge in [0.15, 0.2) is 5.66 Å². The molecule has 1 saturated heterocycles. The molecule has 2 heterocycles. The van der Waals surface area contributed by atoms with Crippen LogP contribution in [0.25, 0.3) is 21.5 Å². The van der Waals surface area contributed by atoms with Gasteiger partial charge in [0.2, 0.25) is 0 Å². The van der Waals surface area contributed by atoms with Gasteiger partial charge in [-0.1, -0.05) is 30.3 Å². The minimum atomic E-state index is -0.540. The number of hydrogen-bond acceptors (Lipinski definition) is 7. The van der Waals surface area contributed by atoms with Crippen molar-refractivity contribution in [2.45, 2.75) is 25.0 Å². The first-order chi connectivity index (χ1) is 16.0. The summed E-state index contributed by atoms with van der Waals surface area (Å²) in [6.07, 6.45) is 1.59. The van der Waals surface area contributed by atoms with Gasteiger partial charge in [0.05, 0.1) is 26.9 Å². The molecule has 0 bridgehead atoms. The molecule has 7 nitrogen and oxygen atoms in total. The lowest BCUT2D eigenvalue weighted by Gasteiger charge is -2.35. The van der Waals surface area contributed by atoms with Crippen molar-refractivity contribution >= 4 is 32.9 Å². The largest absolute Gasteiger partial charge is 0.507 e. The van der Waals surface area contributed by atoms with Crippen LogP contribution < -0.4 is 22.2 Å². The Hall–Kier alpha value is -3.84. The molecule has 0 atom stereocenters. The number of likely N-dealkylation sites (tertiary alicyclic amines) is 1. The van der Waals surface area contributed by atoms with E-state index < -0.39 is 5.66 Å². The van der Waals surface area contributed by atoms with Crippen molar-refractivity contribution in [2.24, 2.45) is 9.98 Å². The summed E-state index contributed by atoms with van der Waals surface area (Å²) in [5.74, 6) is -0.0174. The molecular weight excluding hydrogens is 414 g/mol. The van der Waals surface area contributed by atoms with Crippen LogP contribution in [0, 0.1) is 0 Å². The molecule has 6 rings (SSSR count). The van der Waals surface area contributed by atoms with Crippen LogP contribution in [0.2, 0.25) is 0 Å². The van der Waals surface area contributed by atoms with Crippen LogP contribution in [0.1, 0.15) is 18.4 Å². The molecule has 0 aromatic heterocycles. The number of phenolic OH excluding ortho intramolecular Hbond substituents is 2. The van der Waals surface area contributed by atoms with E-state index in [1.807, 2.05) is 12.1 Å². The predicted molar refractivity (Wildman–Crippen MR) is 130 cm³/mol. The summed E-state index contributed by atoms with van der Waals surface area (Å²) in [7, 11) is 0. The first kappa shape index (κ1) is 19.8. The van der Waals surface area contributed by atoms with Crippen molar-refractivity contribution in [3.63, 3.8) is 0 Å². The van der Waals surface area contributed by atoms with Crippen molar-refractivity contribution < 1.29 is 10.2 Å². The summed E-state index contributed by atoms with van der Waals surface area (Å²) < 4.78 is 0. The molecule has 7 heteroatoms. The summed E-state index contributed by atoms with van der Waals surface area (Å²) in [5.41, 5.74) is 13.7. The molecule has 33 heavy (non-hydrogen) atoms. The maximum absolute atomic E-state index is 11.2. The van der Waals surface area contributed by atoms with Crippen molar-refractivity contribution in [1.29, 1.82) is 0 Å². The number of fused-ring (bicyclic) bond motifs is 4. The first-order valence-corrected chi connectivity index (χ1v) is 11.2. The van der Waals surface area contributed by atoms with Crippen LogP contribution in [0.4, 0.5) is 11.4 Å². The maximum Gasteiger partial charge on any atom is 0.154 e. The lowest BCUT2D eigenvalue weighted by molar-refractivity contribution is 0.160. The van der Waals surface area contributed by atoms with Gasteiger partial charge in [-0.2, -0.15) is 0 Å². The number of anilines is 2. The Bertz CT molecular complexity index is 1540. The van der Waals surface area contributed by atoms with Gasteiger partial charge in [-0.25, -0.2) is 0 Å². The topological polar surface area (TPSA) is 120 Å². The number of piperidine rings is 1. The van der Waals surface area contributed by atoms with Crippen molar-refractivity contribution in [1.82, 2.24) is 4.90 Å². The number of nitrogen functional groups attached to an aromatic ring is 2. The van der Waals surface area contributed by atoms with E-state index in [1.165, 1.54) is 5.56 Å². The summed E-state index contributed by atoms with van der Waals surface area (Å²) in [4.78, 5) is 12.4. The number of hydrogen-bond donors (Lipinski definition) is 4. The fourth-order valence-electron chi connectivity index (χ4n) is 5.22. The van der Waals surface area contributed by atoms with Crippen LogP contribution in [0.5, 0.6) is 11.5 Å². The molecule has 6 N–H and O–H groups in total. The number of benzene rings is 4. The monoisotopic (exact) mass is 439 g/mol. The van der Waals surface area contributed by atoms with E-state index in [1.54, 1.807) is 18.2 Å². The van der Waals surface area contributed by atoms with Crippen LogP contribution in [0.15, 0.2) is 64.6 Å². The highest BCUT2D eigenvalue weighted by Gasteiger charge is 2.36. The van der Waals surface area contributed by atoms with Crippen molar-refractivity contribution in [2.75, 3.05) is 24.6 Å². The van der Waals surface area contributed by atoms with E-state index in [9.17, 15) is 10.2 Å². The number of phenols is 2. The van der Waals surface area contributed by atoms with Crippen molar-refractivity contribution in [3.05, 3.63) is 70.9 Å². The molecule has 4 aromatic carbocycles. The average molecular weight is 440 g/mol. The van der Waals surface area contributed by atoms with E-state index in [4.69, 9.17) is 21.5 Å². The SMILES string of the molecule is Nc1ccc(N)c2c(O)c3c4c(ccc3c(O)c12)=NC1(CCN(Cc2ccccc2)CC1)N=4. The smallest absolute Gasteiger partial charge is 0.154 e. The Kier molecular flexibility index (Phi) is 4.25. The standard InChI is InChI=1S/C26H25N5O2/c27-17-7-8-18(28)22-21(17)24(32)16-6-9-19-23(20(16)25(22)33)30-26(29-19)10-12-31(13-11-26)14-15-4-2-1-3-5-15/h1-9,32-33H,10-14,27-28H2. The molecular formula is C26H25N5O2. The lowest BCUT2D eigenvalue weighted by Crippen LogP contribution is -2.41. The maximum atomic E-state index is 11.2. The highest BCUT2D eigenvalue weighted by molar-refractivity contribution is 6.17. The summed E-state index contributed by atoms with van der Waals surface area (Å²) in [6.45, 7) is 2.68. The molecule has 4 aromatic rings. The van der Waals surface area contributed by atoms with E-state index in [-0.39, 0.29) is 11.5 Å². The number of nitrogens with two attached hydrogens (primary N) is 2. The second kappa shape index (κ2) is 7.08. The third-order valence-corrected chi connectivity index (χ3v) is 6.95. The van der Waals surface area contributed by atoms with Gasteiger partial charge in [0.25, 0.3) is 0 Å². The minimum Gasteiger partial charge on any atom is -0.507 e. The fraction of sp³-hybridized carbons (Fsp3) is 0.231. The normalized spacial score (nSPS) is 17.2. The van der Waals surface area contributed by atoms with Crippen LogP contribution in [-0.4, -0.2) is 33.9 Å². The molecule has 166 valence electrons. The summed E-state index contributed by atoms with van der Waals surface area (Å²) >= 11 is 0. The van der Waals surface area contributed by atoms with E-state index in [2.05, 4.69) is 29.2 Å². The van der Waals surface area contributed by atoms with Gasteiger partial charge in [0, 0.05) is 49.2 Å². The number of aromatic hydroxyl groups is 2. The summed E-state index contributed by atoms with van der Waals surface area (Å²) in [6, 6.07) is 17.4. The third kappa shape index (κ3) is 3.00. The number of nitrogens with zero attached hydrogens (tertiary/aromatic N) is 3. The Balaban J connectivity index is 1.44. The quantitative estimate of drug-likeness (QED) is 0.217. The van der Waals surface area contributed by atoms with Crippen LogP contribution in [0.3, 0.4) is 0 Å². The van der Waals surface area contributed by atoms with Gasteiger partial charge < -0.3 is 21.7 Å². The second-order valence-corrected chi connectivity index (χ2v) is 9.01. The van der Waals surface area contributed by atoms with Gasteiger partial charge >= 0.3 is 0 Å². The van der Waals surface area contributed by atoms with Gasteiger partial charge in [-0.05, 0) is 29.8 Å². The van der Waals surface area contributed by atoms with Gasteiger partial charge in [0.1, 0.15) is 11.5 Å². The Morgan fingerprint density at radius 3 is 2.15 bits per heavy atom. The molecule has 1 fully saturated rings. The zero-order valence-electron chi connectivity index (χ0n) is 18.1. The fourth-order valence-corrected chi connectivity index (χ4v) is 5.22. The zero-order valence-corrected chi connectivity index (χ0v) is 18.1. The highest BCUT2D eigenvalue weighted by atomic mass is 16.3. The molecule has 1 spiro atoms. The van der Waals surface area contributed by atoms with Crippen LogP contribution >= 0.6 is 0 Å². The van der Waals surface area contributed by atoms with Gasteiger partial charge in [-0.15, -0.1) is 0 Å². The predicted octanol–water partition coefficient (Wildman–Crippen LogP) is 2.81. The molecule has 2 aliphatic heterocycles. The van der Waals surface area contributed by atoms with E-state index in [0.717, 1.165) is 37.8 Å². The van der Waals surface area contributed by atoms with E-state index in [0.29, 0.717) is 38.3 Å². The summed E-state index contributed by atoms with van der Waals surface area (Å²) in [5, 5.41) is 25.3. The highest BCUT2D eigenvalue weighted by Crippen LogP contribution is 2.45. The lowest BCUT2D eigenvalue weighted by atomic mass is 9.97. The molecule has 2 aliphatic rings. The number of rotatable bonds is 2. The Morgan fingerprint density at radius 2 is 1.45 bits per heavy atom.